The summed E-state index contributed by atoms with van der Waals surface area (Å²) in [6.45, 7) is 3.67. The Hall–Kier alpha value is -0.650. The van der Waals surface area contributed by atoms with Crippen molar-refractivity contribution in [2.45, 2.75) is 18.6 Å². The largest absolute Gasteiger partial charge is 0.468 e. The lowest BCUT2D eigenvalue weighted by Gasteiger charge is -2.41. The van der Waals surface area contributed by atoms with Gasteiger partial charge in [0, 0.05) is 13.1 Å². The molecule has 0 radical (unpaired) electrons. The van der Waals surface area contributed by atoms with Gasteiger partial charge in [0.05, 0.1) is 33.0 Å². The maximum absolute atomic E-state index is 11.3. The number of nitrogens with zero attached hydrogens (tertiary/aromatic N) is 1. The van der Waals surface area contributed by atoms with Crippen LogP contribution in [-0.4, -0.2) is 63.0 Å². The Kier molecular flexibility index (Phi) is 3.56. The van der Waals surface area contributed by atoms with Crippen LogP contribution < -0.4 is 0 Å². The molecule has 0 aromatic rings. The van der Waals surface area contributed by atoms with Crippen LogP contribution in [0.5, 0.6) is 0 Å². The summed E-state index contributed by atoms with van der Waals surface area (Å²) in [5, 5.41) is 0. The highest BCUT2D eigenvalue weighted by Crippen LogP contribution is 2.19. The third kappa shape index (κ3) is 2.48. The van der Waals surface area contributed by atoms with Crippen molar-refractivity contribution in [3.05, 3.63) is 0 Å². The molecule has 2 aliphatic heterocycles. The predicted octanol–water partition coefficient (Wildman–Crippen LogP) is -0.351. The van der Waals surface area contributed by atoms with E-state index < -0.39 is 0 Å². The molecule has 0 aliphatic carbocycles. The molecule has 2 saturated heterocycles. The Morgan fingerprint density at radius 1 is 1.53 bits per heavy atom. The first-order chi connectivity index (χ1) is 7.31. The summed E-state index contributed by atoms with van der Waals surface area (Å²) in [6, 6.07) is -0.0690. The van der Waals surface area contributed by atoms with Gasteiger partial charge >= 0.3 is 5.97 Å². The zero-order valence-corrected chi connectivity index (χ0v) is 8.98. The minimum atomic E-state index is -0.141. The molecule has 5 nitrogen and oxygen atoms in total. The van der Waals surface area contributed by atoms with Gasteiger partial charge in [-0.05, 0) is 6.42 Å². The zero-order chi connectivity index (χ0) is 10.7. The van der Waals surface area contributed by atoms with Crippen LogP contribution in [-0.2, 0) is 19.0 Å². The number of rotatable bonds is 3. The number of hydrogen-bond donors (Lipinski definition) is 0. The van der Waals surface area contributed by atoms with Gasteiger partial charge in [-0.2, -0.15) is 0 Å². The highest BCUT2D eigenvalue weighted by molar-refractivity contribution is 5.76. The van der Waals surface area contributed by atoms with E-state index in [9.17, 15) is 4.79 Å². The van der Waals surface area contributed by atoms with Gasteiger partial charge in [-0.3, -0.25) is 9.69 Å². The van der Waals surface area contributed by atoms with E-state index in [1.807, 2.05) is 0 Å². The van der Waals surface area contributed by atoms with E-state index in [1.54, 1.807) is 0 Å². The first-order valence-corrected chi connectivity index (χ1v) is 5.32. The highest BCUT2D eigenvalue weighted by atomic mass is 16.6. The zero-order valence-electron chi connectivity index (χ0n) is 8.98. The topological polar surface area (TPSA) is 48.0 Å². The van der Waals surface area contributed by atoms with E-state index in [0.29, 0.717) is 19.8 Å². The van der Waals surface area contributed by atoms with Crippen LogP contribution in [0.2, 0.25) is 0 Å². The molecule has 2 heterocycles. The van der Waals surface area contributed by atoms with E-state index in [1.165, 1.54) is 7.11 Å². The van der Waals surface area contributed by atoms with Crippen LogP contribution in [0.25, 0.3) is 0 Å². The monoisotopic (exact) mass is 215 g/mol. The van der Waals surface area contributed by atoms with Gasteiger partial charge in [0.15, 0.2) is 0 Å². The minimum absolute atomic E-state index is 0.0690. The summed E-state index contributed by atoms with van der Waals surface area (Å²) in [5.41, 5.74) is 0. The molecular formula is C10H17NO4. The third-order valence-electron chi connectivity index (χ3n) is 2.93. The van der Waals surface area contributed by atoms with Gasteiger partial charge in [-0.15, -0.1) is 0 Å². The molecule has 0 amide bonds. The van der Waals surface area contributed by atoms with Crippen molar-refractivity contribution < 1.29 is 19.0 Å². The Morgan fingerprint density at radius 3 is 2.93 bits per heavy atom. The van der Waals surface area contributed by atoms with Crippen molar-refractivity contribution in [1.29, 1.82) is 0 Å². The Morgan fingerprint density at radius 2 is 2.40 bits per heavy atom. The van der Waals surface area contributed by atoms with E-state index in [0.717, 1.165) is 19.5 Å². The van der Waals surface area contributed by atoms with Crippen LogP contribution in [0.3, 0.4) is 0 Å². The molecule has 86 valence electrons. The molecular weight excluding hydrogens is 198 g/mol. The van der Waals surface area contributed by atoms with Gasteiger partial charge in [-0.25, -0.2) is 0 Å². The molecule has 0 aromatic heterocycles. The molecule has 2 aliphatic rings. The van der Waals surface area contributed by atoms with Crippen LogP contribution in [0.4, 0.5) is 0 Å². The van der Waals surface area contributed by atoms with Crippen LogP contribution in [0.1, 0.15) is 6.42 Å². The Labute approximate surface area is 89.3 Å². The van der Waals surface area contributed by atoms with Crippen molar-refractivity contribution in [3.63, 3.8) is 0 Å². The smallest absolute Gasteiger partial charge is 0.323 e. The maximum Gasteiger partial charge on any atom is 0.323 e. The summed E-state index contributed by atoms with van der Waals surface area (Å²) < 4.78 is 15.6. The standard InChI is InChI=1S/C10H17NO4/c1-13-10(12)9-2-3-11(9)6-8-7-14-4-5-15-8/h8-9H,2-7H2,1H3. The van der Waals surface area contributed by atoms with Crippen molar-refractivity contribution in [2.75, 3.05) is 40.0 Å². The quantitative estimate of drug-likeness (QED) is 0.602. The number of carbonyl (C=O) groups excluding carboxylic acids is 1. The number of methoxy groups -OCH3 is 1. The van der Waals surface area contributed by atoms with Gasteiger partial charge in [0.2, 0.25) is 0 Å². The van der Waals surface area contributed by atoms with Gasteiger partial charge < -0.3 is 14.2 Å². The highest BCUT2D eigenvalue weighted by Gasteiger charge is 2.36. The second-order valence-corrected chi connectivity index (χ2v) is 3.89. The summed E-state index contributed by atoms with van der Waals surface area (Å²) in [5.74, 6) is -0.141. The lowest BCUT2D eigenvalue weighted by Crippen LogP contribution is -2.56. The molecule has 0 spiro atoms. The molecule has 0 bridgehead atoms. The molecule has 5 heteroatoms. The van der Waals surface area contributed by atoms with Gasteiger partial charge in [0.1, 0.15) is 6.04 Å². The second kappa shape index (κ2) is 4.92. The normalized spacial score (nSPS) is 32.1. The number of hydrogen-bond acceptors (Lipinski definition) is 5. The molecule has 2 unspecified atom stereocenters. The molecule has 2 fully saturated rings. The van der Waals surface area contributed by atoms with Crippen LogP contribution in [0.15, 0.2) is 0 Å². The lowest BCUT2D eigenvalue weighted by molar-refractivity contribution is -0.156. The first kappa shape index (κ1) is 10.9. The Bertz CT molecular complexity index is 227. The second-order valence-electron chi connectivity index (χ2n) is 3.89. The van der Waals surface area contributed by atoms with E-state index in [4.69, 9.17) is 14.2 Å². The number of esters is 1. The van der Waals surface area contributed by atoms with Crippen molar-refractivity contribution in [3.8, 4) is 0 Å². The summed E-state index contributed by atoms with van der Waals surface area (Å²) in [7, 11) is 1.43. The number of carbonyl (C=O) groups is 1. The van der Waals surface area contributed by atoms with Crippen LogP contribution >= 0.6 is 0 Å². The molecule has 2 atom stereocenters. The summed E-state index contributed by atoms with van der Waals surface area (Å²) in [6.07, 6.45) is 0.992. The maximum atomic E-state index is 11.3. The molecule has 0 N–H and O–H groups in total. The molecule has 0 aromatic carbocycles. The van der Waals surface area contributed by atoms with E-state index >= 15 is 0 Å². The first-order valence-electron chi connectivity index (χ1n) is 5.32. The minimum Gasteiger partial charge on any atom is -0.468 e. The average molecular weight is 215 g/mol. The number of ether oxygens (including phenoxy) is 3. The van der Waals surface area contributed by atoms with Gasteiger partial charge in [0.25, 0.3) is 0 Å². The third-order valence-corrected chi connectivity index (χ3v) is 2.93. The molecule has 15 heavy (non-hydrogen) atoms. The number of likely N-dealkylation sites (tertiary alicyclic amines) is 1. The fourth-order valence-electron chi connectivity index (χ4n) is 1.97. The summed E-state index contributed by atoms with van der Waals surface area (Å²) >= 11 is 0. The van der Waals surface area contributed by atoms with Crippen molar-refractivity contribution in [1.82, 2.24) is 4.90 Å². The lowest BCUT2D eigenvalue weighted by atomic mass is 10.0. The van der Waals surface area contributed by atoms with Gasteiger partial charge in [-0.1, -0.05) is 0 Å². The SMILES string of the molecule is COC(=O)C1CCN1CC1COCCO1. The van der Waals surface area contributed by atoms with E-state index in [-0.39, 0.29) is 18.1 Å². The Balaban J connectivity index is 1.76. The molecule has 0 saturated carbocycles. The molecule has 2 rings (SSSR count). The fraction of sp³-hybridized carbons (Fsp3) is 0.900. The predicted molar refractivity (Wildman–Crippen MR) is 52.6 cm³/mol. The van der Waals surface area contributed by atoms with Crippen molar-refractivity contribution >= 4 is 5.97 Å². The van der Waals surface area contributed by atoms with Crippen molar-refractivity contribution in [2.24, 2.45) is 0 Å². The fourth-order valence-corrected chi connectivity index (χ4v) is 1.97. The van der Waals surface area contributed by atoms with Crippen LogP contribution in [0, 0.1) is 0 Å². The van der Waals surface area contributed by atoms with E-state index in [2.05, 4.69) is 4.90 Å². The average Bonchev–Trinajstić information content (AvgIpc) is 2.25. The summed E-state index contributed by atoms with van der Waals surface area (Å²) in [4.78, 5) is 13.4.